The van der Waals surface area contributed by atoms with Crippen LogP contribution in [0.2, 0.25) is 0 Å². The highest BCUT2D eigenvalue weighted by molar-refractivity contribution is 5.84. The highest BCUT2D eigenvalue weighted by Gasteiger charge is 2.05. The SMILES string of the molecule is CCc1ccnc2cc(C)c(OC)cc12. The van der Waals surface area contributed by atoms with Crippen LogP contribution in [0.25, 0.3) is 10.9 Å². The number of nitrogens with zero attached hydrogens (tertiary/aromatic N) is 1. The summed E-state index contributed by atoms with van der Waals surface area (Å²) in [5.74, 6) is 0.935. The van der Waals surface area contributed by atoms with Crippen LogP contribution < -0.4 is 4.74 Å². The van der Waals surface area contributed by atoms with E-state index in [1.54, 1.807) is 7.11 Å². The second kappa shape index (κ2) is 3.89. The summed E-state index contributed by atoms with van der Waals surface area (Å²) in [5, 5.41) is 1.20. The van der Waals surface area contributed by atoms with Crippen LogP contribution in [0.5, 0.6) is 5.75 Å². The Balaban J connectivity index is 2.76. The van der Waals surface area contributed by atoms with E-state index in [9.17, 15) is 0 Å². The Morgan fingerprint density at radius 2 is 2.13 bits per heavy atom. The Morgan fingerprint density at radius 1 is 1.33 bits per heavy atom. The topological polar surface area (TPSA) is 22.1 Å². The second-order valence-electron chi connectivity index (χ2n) is 3.66. The van der Waals surface area contributed by atoms with Crippen LogP contribution in [-0.2, 0) is 6.42 Å². The molecule has 0 aliphatic carbocycles. The fraction of sp³-hybridized carbons (Fsp3) is 0.308. The number of aromatic nitrogens is 1. The van der Waals surface area contributed by atoms with Gasteiger partial charge in [0.2, 0.25) is 0 Å². The Labute approximate surface area is 89.9 Å². The number of ether oxygens (including phenoxy) is 1. The third kappa shape index (κ3) is 1.67. The van der Waals surface area contributed by atoms with Gasteiger partial charge in [0.05, 0.1) is 12.6 Å². The van der Waals surface area contributed by atoms with E-state index >= 15 is 0 Å². The molecule has 0 fully saturated rings. The van der Waals surface area contributed by atoms with Gasteiger partial charge in [0.15, 0.2) is 0 Å². The van der Waals surface area contributed by atoms with Crippen LogP contribution in [-0.4, -0.2) is 12.1 Å². The molecule has 0 radical (unpaired) electrons. The summed E-state index contributed by atoms with van der Waals surface area (Å²) < 4.78 is 5.32. The van der Waals surface area contributed by atoms with Gasteiger partial charge in [0.25, 0.3) is 0 Å². The predicted molar refractivity (Wildman–Crippen MR) is 62.4 cm³/mol. The molecule has 0 N–H and O–H groups in total. The number of fused-ring (bicyclic) bond motifs is 1. The zero-order chi connectivity index (χ0) is 10.8. The second-order valence-corrected chi connectivity index (χ2v) is 3.66. The number of hydrogen-bond acceptors (Lipinski definition) is 2. The molecule has 2 aromatic rings. The minimum absolute atomic E-state index is 0.935. The summed E-state index contributed by atoms with van der Waals surface area (Å²) in [6, 6.07) is 6.22. The highest BCUT2D eigenvalue weighted by Crippen LogP contribution is 2.26. The summed E-state index contributed by atoms with van der Waals surface area (Å²) in [7, 11) is 1.70. The molecule has 0 aliphatic rings. The molecule has 1 aromatic heterocycles. The van der Waals surface area contributed by atoms with Gasteiger partial charge in [-0.3, -0.25) is 4.98 Å². The third-order valence-electron chi connectivity index (χ3n) is 2.73. The molecule has 0 unspecified atom stereocenters. The first-order valence-electron chi connectivity index (χ1n) is 5.18. The van der Waals surface area contributed by atoms with Crippen LogP contribution >= 0.6 is 0 Å². The summed E-state index contributed by atoms with van der Waals surface area (Å²) >= 11 is 0. The maximum Gasteiger partial charge on any atom is 0.122 e. The molecule has 0 saturated carbocycles. The molecule has 0 atom stereocenters. The van der Waals surface area contributed by atoms with Gasteiger partial charge in [0, 0.05) is 11.6 Å². The molecule has 2 nitrogen and oxygen atoms in total. The maximum atomic E-state index is 5.32. The van der Waals surface area contributed by atoms with Crippen LogP contribution in [0.1, 0.15) is 18.1 Å². The molecule has 15 heavy (non-hydrogen) atoms. The zero-order valence-corrected chi connectivity index (χ0v) is 9.37. The monoisotopic (exact) mass is 201 g/mol. The van der Waals surface area contributed by atoms with Gasteiger partial charge in [-0.2, -0.15) is 0 Å². The first-order valence-corrected chi connectivity index (χ1v) is 5.18. The summed E-state index contributed by atoms with van der Waals surface area (Å²) in [5.41, 5.74) is 3.50. The number of rotatable bonds is 2. The largest absolute Gasteiger partial charge is 0.496 e. The fourth-order valence-corrected chi connectivity index (χ4v) is 1.86. The van der Waals surface area contributed by atoms with Crippen molar-refractivity contribution in [1.82, 2.24) is 4.98 Å². The lowest BCUT2D eigenvalue weighted by atomic mass is 10.0. The summed E-state index contributed by atoms with van der Waals surface area (Å²) in [6.07, 6.45) is 2.89. The zero-order valence-electron chi connectivity index (χ0n) is 9.37. The van der Waals surface area contributed by atoms with E-state index in [0.717, 1.165) is 23.3 Å². The molecule has 0 amide bonds. The predicted octanol–water partition coefficient (Wildman–Crippen LogP) is 3.11. The number of aryl methyl sites for hydroxylation is 2. The molecule has 0 saturated heterocycles. The van der Waals surface area contributed by atoms with Crippen molar-refractivity contribution in [2.45, 2.75) is 20.3 Å². The number of pyridine rings is 1. The van der Waals surface area contributed by atoms with E-state index in [4.69, 9.17) is 4.74 Å². The highest BCUT2D eigenvalue weighted by atomic mass is 16.5. The molecular weight excluding hydrogens is 186 g/mol. The molecule has 0 aliphatic heterocycles. The van der Waals surface area contributed by atoms with E-state index in [1.165, 1.54) is 10.9 Å². The Morgan fingerprint density at radius 3 is 2.80 bits per heavy atom. The molecular formula is C13H15NO. The summed E-state index contributed by atoms with van der Waals surface area (Å²) in [6.45, 7) is 4.19. The Hall–Kier alpha value is -1.57. The van der Waals surface area contributed by atoms with Crippen LogP contribution in [0.3, 0.4) is 0 Å². The van der Waals surface area contributed by atoms with E-state index in [-0.39, 0.29) is 0 Å². The van der Waals surface area contributed by atoms with Gasteiger partial charge in [-0.15, -0.1) is 0 Å². The van der Waals surface area contributed by atoms with Crippen molar-refractivity contribution in [3.05, 3.63) is 35.5 Å². The number of hydrogen-bond donors (Lipinski definition) is 0. The minimum atomic E-state index is 0.935. The first kappa shape index (κ1) is 9.97. The molecule has 2 rings (SSSR count). The third-order valence-corrected chi connectivity index (χ3v) is 2.73. The van der Waals surface area contributed by atoms with E-state index in [2.05, 4.69) is 30.1 Å². The fourth-order valence-electron chi connectivity index (χ4n) is 1.86. The van der Waals surface area contributed by atoms with Crippen molar-refractivity contribution >= 4 is 10.9 Å². The lowest BCUT2D eigenvalue weighted by Gasteiger charge is -2.08. The Kier molecular flexibility index (Phi) is 2.58. The van der Waals surface area contributed by atoms with Gasteiger partial charge in [-0.25, -0.2) is 0 Å². The van der Waals surface area contributed by atoms with Crippen LogP contribution in [0, 0.1) is 6.92 Å². The molecule has 0 bridgehead atoms. The van der Waals surface area contributed by atoms with Gasteiger partial charge in [-0.05, 0) is 42.7 Å². The van der Waals surface area contributed by atoms with Crippen molar-refractivity contribution in [2.24, 2.45) is 0 Å². The van der Waals surface area contributed by atoms with Gasteiger partial charge >= 0.3 is 0 Å². The Bertz CT molecular complexity index is 491. The standard InChI is InChI=1S/C13H15NO/c1-4-10-5-6-14-12-7-9(2)13(15-3)8-11(10)12/h5-8H,4H2,1-3H3. The van der Waals surface area contributed by atoms with Gasteiger partial charge in [-0.1, -0.05) is 6.92 Å². The lowest BCUT2D eigenvalue weighted by Crippen LogP contribution is -1.91. The summed E-state index contributed by atoms with van der Waals surface area (Å²) in [4.78, 5) is 4.37. The molecule has 2 heteroatoms. The molecule has 0 spiro atoms. The van der Waals surface area contributed by atoms with E-state index in [1.807, 2.05) is 13.1 Å². The molecule has 1 heterocycles. The van der Waals surface area contributed by atoms with Crippen LogP contribution in [0.15, 0.2) is 24.4 Å². The normalized spacial score (nSPS) is 10.6. The van der Waals surface area contributed by atoms with Gasteiger partial charge < -0.3 is 4.74 Å². The average Bonchev–Trinajstić information content (AvgIpc) is 2.27. The molecule has 1 aromatic carbocycles. The van der Waals surface area contributed by atoms with E-state index < -0.39 is 0 Å². The lowest BCUT2D eigenvalue weighted by molar-refractivity contribution is 0.412. The average molecular weight is 201 g/mol. The van der Waals surface area contributed by atoms with E-state index in [0.29, 0.717) is 0 Å². The smallest absolute Gasteiger partial charge is 0.122 e. The van der Waals surface area contributed by atoms with Crippen molar-refractivity contribution < 1.29 is 4.74 Å². The number of methoxy groups -OCH3 is 1. The van der Waals surface area contributed by atoms with Crippen molar-refractivity contribution in [3.63, 3.8) is 0 Å². The van der Waals surface area contributed by atoms with Crippen molar-refractivity contribution in [3.8, 4) is 5.75 Å². The maximum absolute atomic E-state index is 5.32. The van der Waals surface area contributed by atoms with Crippen molar-refractivity contribution in [1.29, 1.82) is 0 Å². The first-order chi connectivity index (χ1) is 7.26. The number of benzene rings is 1. The quantitative estimate of drug-likeness (QED) is 0.744. The minimum Gasteiger partial charge on any atom is -0.496 e. The van der Waals surface area contributed by atoms with Crippen LogP contribution in [0.4, 0.5) is 0 Å². The van der Waals surface area contributed by atoms with Crippen molar-refractivity contribution in [2.75, 3.05) is 7.11 Å². The van der Waals surface area contributed by atoms with Gasteiger partial charge in [0.1, 0.15) is 5.75 Å². The molecule has 78 valence electrons.